The molecular formula is C21H25FO. The van der Waals surface area contributed by atoms with Gasteiger partial charge in [-0.25, -0.2) is 4.39 Å². The Bertz CT molecular complexity index is 682. The van der Waals surface area contributed by atoms with Crippen molar-refractivity contribution in [2.75, 3.05) is 0 Å². The SMILES string of the molecule is Cc1cc(C)c(O)c(CC2(c3ccc(F)cc3)CCCCC2)c1. The van der Waals surface area contributed by atoms with E-state index in [1.54, 1.807) is 12.1 Å². The van der Waals surface area contributed by atoms with Crippen molar-refractivity contribution in [3.8, 4) is 5.75 Å². The lowest BCUT2D eigenvalue weighted by molar-refractivity contribution is 0.287. The zero-order valence-corrected chi connectivity index (χ0v) is 14.0. The highest BCUT2D eigenvalue weighted by Gasteiger charge is 2.34. The first-order valence-electron chi connectivity index (χ1n) is 8.55. The van der Waals surface area contributed by atoms with E-state index in [0.29, 0.717) is 5.75 Å². The molecule has 0 aromatic heterocycles. The zero-order chi connectivity index (χ0) is 16.4. The lowest BCUT2D eigenvalue weighted by atomic mass is 9.66. The summed E-state index contributed by atoms with van der Waals surface area (Å²) in [6, 6.07) is 11.1. The van der Waals surface area contributed by atoms with Crippen molar-refractivity contribution in [3.63, 3.8) is 0 Å². The van der Waals surface area contributed by atoms with Crippen molar-refractivity contribution in [2.24, 2.45) is 0 Å². The fraction of sp³-hybridized carbons (Fsp3) is 0.429. The Morgan fingerprint density at radius 3 is 2.30 bits per heavy atom. The van der Waals surface area contributed by atoms with Gasteiger partial charge in [0, 0.05) is 0 Å². The molecule has 0 aliphatic heterocycles. The maximum atomic E-state index is 13.3. The second-order valence-electron chi connectivity index (χ2n) is 7.11. The van der Waals surface area contributed by atoms with Crippen molar-refractivity contribution < 1.29 is 9.50 Å². The van der Waals surface area contributed by atoms with Gasteiger partial charge >= 0.3 is 0 Å². The molecule has 1 nitrogen and oxygen atoms in total. The van der Waals surface area contributed by atoms with Crippen LogP contribution in [-0.2, 0) is 11.8 Å². The largest absolute Gasteiger partial charge is 0.507 e. The first-order chi connectivity index (χ1) is 11.0. The molecule has 1 aliphatic carbocycles. The highest BCUT2D eigenvalue weighted by Crippen LogP contribution is 2.43. The van der Waals surface area contributed by atoms with Crippen LogP contribution < -0.4 is 0 Å². The standard InChI is InChI=1S/C21H25FO/c1-15-12-16(2)20(23)17(13-15)14-21(10-4-3-5-11-21)18-6-8-19(22)9-7-18/h6-9,12-13,23H,3-5,10-11,14H2,1-2H3. The highest BCUT2D eigenvalue weighted by molar-refractivity contribution is 5.44. The lowest BCUT2D eigenvalue weighted by Crippen LogP contribution is -2.31. The Balaban J connectivity index is 2.02. The molecule has 0 heterocycles. The summed E-state index contributed by atoms with van der Waals surface area (Å²) >= 11 is 0. The first-order valence-corrected chi connectivity index (χ1v) is 8.55. The molecule has 2 aromatic carbocycles. The van der Waals surface area contributed by atoms with Crippen LogP contribution in [0.2, 0.25) is 0 Å². The molecule has 0 saturated heterocycles. The summed E-state index contributed by atoms with van der Waals surface area (Å²) in [5.41, 5.74) is 4.36. The Labute approximate surface area is 138 Å². The Morgan fingerprint density at radius 1 is 1.00 bits per heavy atom. The van der Waals surface area contributed by atoms with E-state index in [-0.39, 0.29) is 11.2 Å². The van der Waals surface area contributed by atoms with Gasteiger partial charge in [0.2, 0.25) is 0 Å². The van der Waals surface area contributed by atoms with Crippen LogP contribution in [0, 0.1) is 19.7 Å². The molecule has 0 amide bonds. The van der Waals surface area contributed by atoms with E-state index in [0.717, 1.165) is 30.4 Å². The quantitative estimate of drug-likeness (QED) is 0.783. The molecule has 1 saturated carbocycles. The van der Waals surface area contributed by atoms with E-state index in [1.807, 2.05) is 25.1 Å². The first kappa shape index (κ1) is 16.0. The molecule has 122 valence electrons. The van der Waals surface area contributed by atoms with Crippen LogP contribution in [0.3, 0.4) is 0 Å². The van der Waals surface area contributed by atoms with Crippen LogP contribution in [0.4, 0.5) is 4.39 Å². The van der Waals surface area contributed by atoms with Gasteiger partial charge in [0.15, 0.2) is 0 Å². The summed E-state index contributed by atoms with van der Waals surface area (Å²) < 4.78 is 13.3. The topological polar surface area (TPSA) is 20.2 Å². The Kier molecular flexibility index (Phi) is 4.43. The van der Waals surface area contributed by atoms with Crippen LogP contribution >= 0.6 is 0 Å². The Hall–Kier alpha value is -1.83. The van der Waals surface area contributed by atoms with Gasteiger partial charge in [-0.3, -0.25) is 0 Å². The predicted octanol–water partition coefficient (Wildman–Crippen LogP) is 5.59. The number of rotatable bonds is 3. The molecular weight excluding hydrogens is 287 g/mol. The average Bonchev–Trinajstić information content (AvgIpc) is 2.53. The third kappa shape index (κ3) is 3.26. The molecule has 1 N–H and O–H groups in total. The van der Waals surface area contributed by atoms with Crippen molar-refractivity contribution in [1.29, 1.82) is 0 Å². The molecule has 0 unspecified atom stereocenters. The summed E-state index contributed by atoms with van der Waals surface area (Å²) in [4.78, 5) is 0. The highest BCUT2D eigenvalue weighted by atomic mass is 19.1. The molecule has 2 aromatic rings. The molecule has 0 spiro atoms. The molecule has 2 heteroatoms. The second-order valence-corrected chi connectivity index (χ2v) is 7.11. The van der Waals surface area contributed by atoms with Crippen LogP contribution in [0.15, 0.2) is 36.4 Å². The van der Waals surface area contributed by atoms with Gasteiger partial charge in [-0.2, -0.15) is 0 Å². The van der Waals surface area contributed by atoms with Crippen LogP contribution in [-0.4, -0.2) is 5.11 Å². The van der Waals surface area contributed by atoms with Crippen molar-refractivity contribution in [3.05, 3.63) is 64.5 Å². The molecule has 1 fully saturated rings. The van der Waals surface area contributed by atoms with Gasteiger partial charge in [-0.15, -0.1) is 0 Å². The number of phenolic OH excluding ortho intramolecular Hbond substituents is 1. The number of aryl methyl sites for hydroxylation is 2. The van der Waals surface area contributed by atoms with E-state index < -0.39 is 0 Å². The van der Waals surface area contributed by atoms with Gasteiger partial charge in [0.05, 0.1) is 0 Å². The van der Waals surface area contributed by atoms with Crippen molar-refractivity contribution in [2.45, 2.75) is 57.8 Å². The van der Waals surface area contributed by atoms with Crippen LogP contribution in [0.25, 0.3) is 0 Å². The van der Waals surface area contributed by atoms with Crippen molar-refractivity contribution >= 4 is 0 Å². The van der Waals surface area contributed by atoms with Gasteiger partial charge in [-0.05, 0) is 67.3 Å². The van der Waals surface area contributed by atoms with E-state index in [9.17, 15) is 9.50 Å². The number of halogens is 1. The molecule has 0 radical (unpaired) electrons. The minimum Gasteiger partial charge on any atom is -0.507 e. The van der Waals surface area contributed by atoms with Gasteiger partial charge in [-0.1, -0.05) is 49.1 Å². The summed E-state index contributed by atoms with van der Waals surface area (Å²) in [5, 5.41) is 10.5. The number of hydrogen-bond donors (Lipinski definition) is 1. The molecule has 23 heavy (non-hydrogen) atoms. The fourth-order valence-electron chi connectivity index (χ4n) is 4.15. The predicted molar refractivity (Wildman–Crippen MR) is 92.4 cm³/mol. The normalized spacial score (nSPS) is 17.2. The monoisotopic (exact) mass is 312 g/mol. The Morgan fingerprint density at radius 2 is 1.65 bits per heavy atom. The number of phenols is 1. The maximum absolute atomic E-state index is 13.3. The smallest absolute Gasteiger partial charge is 0.123 e. The summed E-state index contributed by atoms with van der Waals surface area (Å²) in [7, 11) is 0. The van der Waals surface area contributed by atoms with E-state index >= 15 is 0 Å². The summed E-state index contributed by atoms with van der Waals surface area (Å²) in [6.45, 7) is 4.03. The molecule has 3 rings (SSSR count). The maximum Gasteiger partial charge on any atom is 0.123 e. The second kappa shape index (κ2) is 6.35. The van der Waals surface area contributed by atoms with Gasteiger partial charge < -0.3 is 5.11 Å². The average molecular weight is 312 g/mol. The molecule has 1 aliphatic rings. The van der Waals surface area contributed by atoms with Gasteiger partial charge in [0.1, 0.15) is 11.6 Å². The molecule has 0 bridgehead atoms. The third-order valence-electron chi connectivity index (χ3n) is 5.32. The van der Waals surface area contributed by atoms with E-state index in [4.69, 9.17) is 0 Å². The van der Waals surface area contributed by atoms with Crippen LogP contribution in [0.1, 0.15) is 54.4 Å². The third-order valence-corrected chi connectivity index (χ3v) is 5.32. The number of aromatic hydroxyl groups is 1. The van der Waals surface area contributed by atoms with Gasteiger partial charge in [0.25, 0.3) is 0 Å². The number of benzene rings is 2. The van der Waals surface area contributed by atoms with E-state index in [2.05, 4.69) is 13.0 Å². The minimum absolute atomic E-state index is 0.0175. The zero-order valence-electron chi connectivity index (χ0n) is 14.0. The fourth-order valence-corrected chi connectivity index (χ4v) is 4.15. The summed E-state index contributed by atoms with van der Waals surface area (Å²) in [5.74, 6) is 0.233. The van der Waals surface area contributed by atoms with E-state index in [1.165, 1.54) is 30.4 Å². The van der Waals surface area contributed by atoms with Crippen LogP contribution in [0.5, 0.6) is 5.75 Å². The minimum atomic E-state index is -0.186. The lowest BCUT2D eigenvalue weighted by Gasteiger charge is -2.38. The summed E-state index contributed by atoms with van der Waals surface area (Å²) in [6.07, 6.45) is 6.69. The number of hydrogen-bond acceptors (Lipinski definition) is 1. The van der Waals surface area contributed by atoms with Crippen molar-refractivity contribution in [1.82, 2.24) is 0 Å². The molecule has 0 atom stereocenters.